The Bertz CT molecular complexity index is 740. The zero-order chi connectivity index (χ0) is 17.4. The van der Waals surface area contributed by atoms with Gasteiger partial charge >= 0.3 is 0 Å². The van der Waals surface area contributed by atoms with Crippen LogP contribution in [0.5, 0.6) is 5.75 Å². The average molecular weight is 330 g/mol. The number of amides is 1. The minimum Gasteiger partial charge on any atom is -0.496 e. The standard InChI is InChI=1S/C18H22N2O4/c1-23-12-11-20-13-15(7-8-17(20)21)18(22)19-10-9-14-5-3-4-6-16(14)24-2/h3-8,13H,9-12H2,1-2H3,(H,19,22). The molecule has 0 fully saturated rings. The molecule has 0 aliphatic rings. The van der Waals surface area contributed by atoms with Crippen molar-refractivity contribution < 1.29 is 14.3 Å². The van der Waals surface area contributed by atoms with Crippen LogP contribution >= 0.6 is 0 Å². The molecule has 0 saturated heterocycles. The van der Waals surface area contributed by atoms with Crippen LogP contribution in [0, 0.1) is 0 Å². The molecule has 2 aromatic rings. The van der Waals surface area contributed by atoms with E-state index < -0.39 is 0 Å². The molecular weight excluding hydrogens is 308 g/mol. The van der Waals surface area contributed by atoms with E-state index in [1.807, 2.05) is 24.3 Å². The molecule has 1 aromatic carbocycles. The summed E-state index contributed by atoms with van der Waals surface area (Å²) >= 11 is 0. The van der Waals surface area contributed by atoms with Crippen LogP contribution in [-0.2, 0) is 17.7 Å². The Morgan fingerprint density at radius 2 is 1.96 bits per heavy atom. The molecule has 0 unspecified atom stereocenters. The van der Waals surface area contributed by atoms with Gasteiger partial charge in [-0.2, -0.15) is 0 Å². The number of hydrogen-bond donors (Lipinski definition) is 1. The number of ether oxygens (including phenoxy) is 2. The molecule has 0 spiro atoms. The lowest BCUT2D eigenvalue weighted by Gasteiger charge is -2.10. The third-order valence-electron chi connectivity index (χ3n) is 3.65. The number of nitrogens with one attached hydrogen (secondary N) is 1. The monoisotopic (exact) mass is 330 g/mol. The minimum atomic E-state index is -0.212. The van der Waals surface area contributed by atoms with E-state index in [4.69, 9.17) is 9.47 Å². The van der Waals surface area contributed by atoms with Crippen LogP contribution in [0.1, 0.15) is 15.9 Å². The van der Waals surface area contributed by atoms with Gasteiger partial charge in [0.05, 0.1) is 19.3 Å². The lowest BCUT2D eigenvalue weighted by atomic mass is 10.1. The first-order valence-electron chi connectivity index (χ1n) is 7.75. The second-order valence-corrected chi connectivity index (χ2v) is 5.26. The van der Waals surface area contributed by atoms with Crippen molar-refractivity contribution in [1.29, 1.82) is 0 Å². The van der Waals surface area contributed by atoms with Gasteiger partial charge in [-0.25, -0.2) is 0 Å². The second-order valence-electron chi connectivity index (χ2n) is 5.26. The van der Waals surface area contributed by atoms with Gasteiger partial charge in [0.25, 0.3) is 11.5 Å². The molecule has 6 heteroatoms. The highest BCUT2D eigenvalue weighted by atomic mass is 16.5. The van der Waals surface area contributed by atoms with E-state index in [0.29, 0.717) is 31.7 Å². The smallest absolute Gasteiger partial charge is 0.252 e. The lowest BCUT2D eigenvalue weighted by molar-refractivity contribution is 0.0953. The largest absolute Gasteiger partial charge is 0.496 e. The summed E-state index contributed by atoms with van der Waals surface area (Å²) in [5, 5.41) is 2.86. The Balaban J connectivity index is 1.96. The van der Waals surface area contributed by atoms with E-state index in [9.17, 15) is 9.59 Å². The number of methoxy groups -OCH3 is 2. The fourth-order valence-corrected chi connectivity index (χ4v) is 2.35. The van der Waals surface area contributed by atoms with Crippen molar-refractivity contribution >= 4 is 5.91 Å². The van der Waals surface area contributed by atoms with Crippen LogP contribution in [0.15, 0.2) is 47.4 Å². The Kier molecular flexibility index (Phi) is 6.57. The molecule has 24 heavy (non-hydrogen) atoms. The van der Waals surface area contributed by atoms with Gasteiger partial charge in [0.1, 0.15) is 5.75 Å². The lowest BCUT2D eigenvalue weighted by Crippen LogP contribution is -2.28. The first-order chi connectivity index (χ1) is 11.7. The predicted octanol–water partition coefficient (Wildman–Crippen LogP) is 1.48. The fraction of sp³-hybridized carbons (Fsp3) is 0.333. The molecule has 1 amide bonds. The maximum atomic E-state index is 12.2. The summed E-state index contributed by atoms with van der Waals surface area (Å²) in [5.74, 6) is 0.593. The molecule has 1 aromatic heterocycles. The van der Waals surface area contributed by atoms with Crippen molar-refractivity contribution in [2.24, 2.45) is 0 Å². The number of pyridine rings is 1. The van der Waals surface area contributed by atoms with Gasteiger partial charge in [-0.3, -0.25) is 9.59 Å². The summed E-state index contributed by atoms with van der Waals surface area (Å²) in [5.41, 5.74) is 1.33. The highest BCUT2D eigenvalue weighted by Gasteiger charge is 2.08. The second kappa shape index (κ2) is 8.88. The van der Waals surface area contributed by atoms with Gasteiger partial charge in [-0.15, -0.1) is 0 Å². The van der Waals surface area contributed by atoms with Crippen LogP contribution in [0.4, 0.5) is 0 Å². The summed E-state index contributed by atoms with van der Waals surface area (Å²) in [6.45, 7) is 1.31. The highest BCUT2D eigenvalue weighted by molar-refractivity contribution is 5.93. The first-order valence-corrected chi connectivity index (χ1v) is 7.75. The molecule has 6 nitrogen and oxygen atoms in total. The fourth-order valence-electron chi connectivity index (χ4n) is 2.35. The maximum Gasteiger partial charge on any atom is 0.252 e. The predicted molar refractivity (Wildman–Crippen MR) is 91.6 cm³/mol. The zero-order valence-corrected chi connectivity index (χ0v) is 14.0. The van der Waals surface area contributed by atoms with Gasteiger partial charge in [-0.05, 0) is 24.1 Å². The maximum absolute atomic E-state index is 12.2. The van der Waals surface area contributed by atoms with Crippen molar-refractivity contribution in [3.8, 4) is 5.75 Å². The van der Waals surface area contributed by atoms with Crippen LogP contribution in [0.2, 0.25) is 0 Å². The quantitative estimate of drug-likeness (QED) is 0.796. The molecular formula is C18H22N2O4. The minimum absolute atomic E-state index is 0.155. The summed E-state index contributed by atoms with van der Waals surface area (Å²) < 4.78 is 11.7. The van der Waals surface area contributed by atoms with Crippen molar-refractivity contribution in [3.63, 3.8) is 0 Å². The van der Waals surface area contributed by atoms with Crippen LogP contribution < -0.4 is 15.6 Å². The van der Waals surface area contributed by atoms with E-state index in [2.05, 4.69) is 5.32 Å². The molecule has 0 saturated carbocycles. The molecule has 0 atom stereocenters. The summed E-state index contributed by atoms with van der Waals surface area (Å²) in [4.78, 5) is 24.0. The van der Waals surface area contributed by atoms with E-state index in [-0.39, 0.29) is 11.5 Å². The summed E-state index contributed by atoms with van der Waals surface area (Å²) in [6.07, 6.45) is 2.22. The van der Waals surface area contributed by atoms with Crippen molar-refractivity contribution in [2.75, 3.05) is 27.4 Å². The van der Waals surface area contributed by atoms with E-state index in [0.717, 1.165) is 11.3 Å². The number of benzene rings is 1. The number of carbonyl (C=O) groups is 1. The SMILES string of the molecule is COCCn1cc(C(=O)NCCc2ccccc2OC)ccc1=O. The molecule has 0 bridgehead atoms. The van der Waals surface area contributed by atoms with Gasteiger partial charge in [-0.1, -0.05) is 18.2 Å². The number of para-hydroxylation sites is 1. The number of nitrogens with zero attached hydrogens (tertiary/aromatic N) is 1. The third kappa shape index (κ3) is 4.70. The molecule has 0 aliphatic carbocycles. The van der Waals surface area contributed by atoms with E-state index in [1.54, 1.807) is 20.4 Å². The van der Waals surface area contributed by atoms with Crippen molar-refractivity contribution in [1.82, 2.24) is 9.88 Å². The van der Waals surface area contributed by atoms with Crippen molar-refractivity contribution in [2.45, 2.75) is 13.0 Å². The molecule has 0 aliphatic heterocycles. The Hall–Kier alpha value is -2.60. The Morgan fingerprint density at radius 1 is 1.17 bits per heavy atom. The van der Waals surface area contributed by atoms with Crippen molar-refractivity contribution in [3.05, 3.63) is 64.1 Å². The normalized spacial score (nSPS) is 10.4. The Labute approximate surface area is 141 Å². The zero-order valence-electron chi connectivity index (χ0n) is 14.0. The average Bonchev–Trinajstić information content (AvgIpc) is 2.61. The Morgan fingerprint density at radius 3 is 2.71 bits per heavy atom. The molecule has 2 rings (SSSR count). The number of aromatic nitrogens is 1. The number of rotatable bonds is 8. The molecule has 1 N–H and O–H groups in total. The first kappa shape index (κ1) is 17.7. The van der Waals surface area contributed by atoms with Gasteiger partial charge in [0.15, 0.2) is 0 Å². The van der Waals surface area contributed by atoms with Gasteiger partial charge < -0.3 is 19.4 Å². The van der Waals surface area contributed by atoms with Crippen LogP contribution in [0.25, 0.3) is 0 Å². The third-order valence-corrected chi connectivity index (χ3v) is 3.65. The van der Waals surface area contributed by atoms with Gasteiger partial charge in [0, 0.05) is 32.5 Å². The number of hydrogen-bond acceptors (Lipinski definition) is 4. The van der Waals surface area contributed by atoms with E-state index in [1.165, 1.54) is 16.7 Å². The van der Waals surface area contributed by atoms with Crippen LogP contribution in [-0.4, -0.2) is 37.8 Å². The highest BCUT2D eigenvalue weighted by Crippen LogP contribution is 2.17. The topological polar surface area (TPSA) is 69.6 Å². The summed E-state index contributed by atoms with van der Waals surface area (Å²) in [7, 11) is 3.19. The molecule has 128 valence electrons. The number of carbonyl (C=O) groups excluding carboxylic acids is 1. The van der Waals surface area contributed by atoms with E-state index >= 15 is 0 Å². The van der Waals surface area contributed by atoms with Gasteiger partial charge in [0.2, 0.25) is 0 Å². The molecule has 0 radical (unpaired) electrons. The molecule has 1 heterocycles. The van der Waals surface area contributed by atoms with Crippen LogP contribution in [0.3, 0.4) is 0 Å². The summed E-state index contributed by atoms with van der Waals surface area (Å²) in [6, 6.07) is 10.6.